The van der Waals surface area contributed by atoms with Gasteiger partial charge >= 0.3 is 5.97 Å². The highest BCUT2D eigenvalue weighted by molar-refractivity contribution is 9.10. The lowest BCUT2D eigenvalue weighted by Crippen LogP contribution is -2.24. The molecule has 0 spiro atoms. The third-order valence-electron chi connectivity index (χ3n) is 3.54. The monoisotopic (exact) mass is 558 g/mol. The van der Waals surface area contributed by atoms with Gasteiger partial charge in [-0.2, -0.15) is 17.6 Å². The summed E-state index contributed by atoms with van der Waals surface area (Å²) in [5.41, 5.74) is -0.331. The van der Waals surface area contributed by atoms with E-state index in [9.17, 15) is 22.4 Å². The quantitative estimate of drug-likeness (QED) is 0.335. The molecule has 30 heavy (non-hydrogen) atoms. The van der Waals surface area contributed by atoms with Gasteiger partial charge in [0.2, 0.25) is 0 Å². The predicted molar refractivity (Wildman–Crippen MR) is 111 cm³/mol. The summed E-state index contributed by atoms with van der Waals surface area (Å²) in [4.78, 5) is 10.9. The van der Waals surface area contributed by atoms with E-state index in [0.717, 1.165) is 8.95 Å². The largest absolute Gasteiger partial charge is 0.464 e. The third kappa shape index (κ3) is 9.11. The molecular formula is C20H20Br2F4O4. The van der Waals surface area contributed by atoms with Crippen molar-refractivity contribution in [2.45, 2.75) is 18.8 Å². The standard InChI is InChI=1S/C12H13BrF2O3.C8H7BrF2O/c1-2-18-11(16)7-17-8-12(14,15)9-3-5-10(13)6-4-9;9-7-3-1-6(2-4-7)8(10,11)5-12/h3-6H,2,7-8H2,1H3;1-4,12H,5H2. The summed E-state index contributed by atoms with van der Waals surface area (Å²) in [7, 11) is 0. The number of aliphatic hydroxyl groups is 1. The van der Waals surface area contributed by atoms with Gasteiger partial charge in [-0.15, -0.1) is 0 Å². The number of rotatable bonds is 8. The van der Waals surface area contributed by atoms with Crippen LogP contribution in [0.3, 0.4) is 0 Å². The van der Waals surface area contributed by atoms with Crippen molar-refractivity contribution < 1.29 is 36.9 Å². The molecule has 0 amide bonds. The smallest absolute Gasteiger partial charge is 0.332 e. The second-order valence-corrected chi connectivity index (χ2v) is 7.71. The fourth-order valence-electron chi connectivity index (χ4n) is 2.03. The van der Waals surface area contributed by atoms with Crippen LogP contribution in [0.5, 0.6) is 0 Å². The summed E-state index contributed by atoms with van der Waals surface area (Å²) in [6, 6.07) is 11.2. The van der Waals surface area contributed by atoms with Crippen molar-refractivity contribution in [3.63, 3.8) is 0 Å². The Morgan fingerprint density at radius 3 is 1.73 bits per heavy atom. The van der Waals surface area contributed by atoms with Crippen LogP contribution in [0.4, 0.5) is 17.6 Å². The predicted octanol–water partition coefficient (Wildman–Crippen LogP) is 5.65. The summed E-state index contributed by atoms with van der Waals surface area (Å²) >= 11 is 6.29. The van der Waals surface area contributed by atoms with Crippen LogP contribution < -0.4 is 0 Å². The zero-order valence-electron chi connectivity index (χ0n) is 15.9. The van der Waals surface area contributed by atoms with Gasteiger partial charge in [-0.3, -0.25) is 0 Å². The molecule has 0 aliphatic rings. The molecule has 2 rings (SSSR count). The Balaban J connectivity index is 0.000000325. The molecular weight excluding hydrogens is 540 g/mol. The number of carbonyl (C=O) groups excluding carboxylic acids is 1. The molecule has 2 aromatic carbocycles. The lowest BCUT2D eigenvalue weighted by molar-refractivity contribution is -0.153. The first-order chi connectivity index (χ1) is 14.0. The van der Waals surface area contributed by atoms with Crippen molar-refractivity contribution in [1.82, 2.24) is 0 Å². The maximum Gasteiger partial charge on any atom is 0.332 e. The van der Waals surface area contributed by atoms with E-state index in [0.29, 0.717) is 0 Å². The Labute approximate surface area is 188 Å². The Kier molecular flexibility index (Phi) is 11.0. The molecule has 0 radical (unpaired) electrons. The van der Waals surface area contributed by atoms with Crippen molar-refractivity contribution in [2.75, 3.05) is 26.4 Å². The topological polar surface area (TPSA) is 55.8 Å². The van der Waals surface area contributed by atoms with Crippen LogP contribution in [-0.2, 0) is 26.1 Å². The van der Waals surface area contributed by atoms with E-state index in [2.05, 4.69) is 41.3 Å². The van der Waals surface area contributed by atoms with Crippen molar-refractivity contribution in [2.24, 2.45) is 0 Å². The van der Waals surface area contributed by atoms with E-state index < -0.39 is 37.6 Å². The van der Waals surface area contributed by atoms with Crippen molar-refractivity contribution in [1.29, 1.82) is 0 Å². The van der Waals surface area contributed by atoms with Gasteiger partial charge in [0.25, 0.3) is 11.8 Å². The Morgan fingerprint density at radius 2 is 1.33 bits per heavy atom. The molecule has 0 aliphatic carbocycles. The number of hydrogen-bond acceptors (Lipinski definition) is 4. The molecule has 4 nitrogen and oxygen atoms in total. The van der Waals surface area contributed by atoms with Gasteiger partial charge in [-0.25, -0.2) is 4.79 Å². The first kappa shape index (κ1) is 26.5. The second kappa shape index (κ2) is 12.4. The van der Waals surface area contributed by atoms with E-state index in [1.54, 1.807) is 6.92 Å². The Hall–Kier alpha value is -1.49. The summed E-state index contributed by atoms with van der Waals surface area (Å²) in [5.74, 6) is -6.92. The van der Waals surface area contributed by atoms with Crippen LogP contribution in [0.25, 0.3) is 0 Å². The van der Waals surface area contributed by atoms with Crippen molar-refractivity contribution in [3.8, 4) is 0 Å². The van der Waals surface area contributed by atoms with E-state index in [4.69, 9.17) is 5.11 Å². The Bertz CT molecular complexity index is 784. The highest BCUT2D eigenvalue weighted by Gasteiger charge is 2.32. The summed E-state index contributed by atoms with van der Waals surface area (Å²) < 4.78 is 63.4. The molecule has 0 unspecified atom stereocenters. The number of benzene rings is 2. The molecule has 0 heterocycles. The molecule has 10 heteroatoms. The van der Waals surface area contributed by atoms with Crippen molar-refractivity contribution in [3.05, 3.63) is 68.6 Å². The average Bonchev–Trinajstić information content (AvgIpc) is 2.69. The fraction of sp³-hybridized carbons (Fsp3) is 0.350. The normalized spacial score (nSPS) is 11.5. The molecule has 0 atom stereocenters. The minimum Gasteiger partial charge on any atom is -0.464 e. The van der Waals surface area contributed by atoms with Gasteiger partial charge in [-0.1, -0.05) is 56.1 Å². The van der Waals surface area contributed by atoms with E-state index in [-0.39, 0.29) is 17.7 Å². The number of esters is 1. The van der Waals surface area contributed by atoms with Crippen LogP contribution in [0.15, 0.2) is 57.5 Å². The molecule has 0 fully saturated rings. The number of hydrogen-bond donors (Lipinski definition) is 1. The van der Waals surface area contributed by atoms with Gasteiger partial charge in [0, 0.05) is 20.1 Å². The molecule has 1 N–H and O–H groups in total. The lowest BCUT2D eigenvalue weighted by Gasteiger charge is -2.16. The van der Waals surface area contributed by atoms with Gasteiger partial charge in [0.05, 0.1) is 6.61 Å². The number of aliphatic hydroxyl groups excluding tert-OH is 1. The lowest BCUT2D eigenvalue weighted by atomic mass is 10.1. The number of alkyl halides is 4. The Morgan fingerprint density at radius 1 is 0.900 bits per heavy atom. The van der Waals surface area contributed by atoms with Crippen LogP contribution in [0, 0.1) is 0 Å². The molecule has 2 aromatic rings. The van der Waals surface area contributed by atoms with Crippen LogP contribution in [0.2, 0.25) is 0 Å². The molecule has 0 saturated carbocycles. The van der Waals surface area contributed by atoms with Gasteiger partial charge in [0.1, 0.15) is 19.8 Å². The number of carbonyl (C=O) groups is 1. The van der Waals surface area contributed by atoms with E-state index in [1.807, 2.05) is 0 Å². The molecule has 0 aliphatic heterocycles. The maximum atomic E-state index is 13.6. The van der Waals surface area contributed by atoms with Crippen molar-refractivity contribution >= 4 is 37.8 Å². The molecule has 0 saturated heterocycles. The highest BCUT2D eigenvalue weighted by atomic mass is 79.9. The zero-order chi connectivity index (χ0) is 22.8. The third-order valence-corrected chi connectivity index (χ3v) is 4.60. The number of halogens is 6. The summed E-state index contributed by atoms with van der Waals surface area (Å²) in [6.07, 6.45) is 0. The van der Waals surface area contributed by atoms with Crippen LogP contribution in [0.1, 0.15) is 18.1 Å². The zero-order valence-corrected chi connectivity index (χ0v) is 19.1. The SMILES string of the molecule is CCOC(=O)COCC(F)(F)c1ccc(Br)cc1.OCC(F)(F)c1ccc(Br)cc1. The minimum absolute atomic E-state index is 0.158. The van der Waals surface area contributed by atoms with Crippen LogP contribution >= 0.6 is 31.9 Å². The van der Waals surface area contributed by atoms with Gasteiger partial charge in [-0.05, 0) is 31.2 Å². The summed E-state index contributed by atoms with van der Waals surface area (Å²) in [5, 5.41) is 8.36. The maximum absolute atomic E-state index is 13.6. The fourth-order valence-corrected chi connectivity index (χ4v) is 2.56. The van der Waals surface area contributed by atoms with Gasteiger partial charge < -0.3 is 14.6 Å². The first-order valence-corrected chi connectivity index (χ1v) is 10.2. The highest BCUT2D eigenvalue weighted by Crippen LogP contribution is 2.29. The second-order valence-electron chi connectivity index (χ2n) is 5.88. The minimum atomic E-state index is -3.14. The summed E-state index contributed by atoms with van der Waals surface area (Å²) in [6.45, 7) is -0.651. The molecule has 0 bridgehead atoms. The van der Waals surface area contributed by atoms with Crippen LogP contribution in [-0.4, -0.2) is 37.5 Å². The molecule has 0 aromatic heterocycles. The first-order valence-electron chi connectivity index (χ1n) is 8.63. The average molecular weight is 560 g/mol. The molecule has 166 valence electrons. The van der Waals surface area contributed by atoms with E-state index in [1.165, 1.54) is 48.5 Å². The van der Waals surface area contributed by atoms with E-state index >= 15 is 0 Å². The number of ether oxygens (including phenoxy) is 2. The van der Waals surface area contributed by atoms with Gasteiger partial charge in [0.15, 0.2) is 0 Å².